The highest BCUT2D eigenvalue weighted by atomic mass is 32.2. The Morgan fingerprint density at radius 3 is 1.74 bits per heavy atom. The maximum atomic E-state index is 11.3. The molecule has 0 aliphatic heterocycles. The lowest BCUT2D eigenvalue weighted by atomic mass is 10.0. The Hall–Kier alpha value is -0.130. The van der Waals surface area contributed by atoms with Gasteiger partial charge in [0, 0.05) is 0 Å². The van der Waals surface area contributed by atoms with Crippen molar-refractivity contribution < 1.29 is 18.1 Å². The molecule has 0 aliphatic rings. The molecular weight excluding hydrogens is 312 g/mol. The van der Waals surface area contributed by atoms with Crippen LogP contribution in [0.1, 0.15) is 104 Å². The van der Waals surface area contributed by atoms with Gasteiger partial charge in [-0.3, -0.25) is 4.55 Å². The number of rotatable bonds is 16. The van der Waals surface area contributed by atoms with Crippen molar-refractivity contribution in [2.45, 2.75) is 115 Å². The first-order valence-corrected chi connectivity index (χ1v) is 11.1. The number of aliphatic hydroxyl groups excluding tert-OH is 1. The second-order valence-corrected chi connectivity index (χ2v) is 8.47. The van der Waals surface area contributed by atoms with Crippen molar-refractivity contribution in [3.8, 4) is 0 Å². The molecule has 5 heteroatoms. The van der Waals surface area contributed by atoms with Gasteiger partial charge >= 0.3 is 0 Å². The number of unbranched alkanes of at least 4 members (excludes halogenated alkanes) is 7. The highest BCUT2D eigenvalue weighted by Crippen LogP contribution is 2.18. The molecule has 4 nitrogen and oxygen atoms in total. The van der Waals surface area contributed by atoms with E-state index < -0.39 is 15.4 Å². The van der Waals surface area contributed by atoms with Gasteiger partial charge < -0.3 is 5.11 Å². The second kappa shape index (κ2) is 14.2. The maximum absolute atomic E-state index is 11.3. The van der Waals surface area contributed by atoms with Crippen LogP contribution in [0.5, 0.6) is 0 Å². The predicted octanol–water partition coefficient (Wildman–Crippen LogP) is 5.10. The first-order valence-electron chi connectivity index (χ1n) is 9.56. The largest absolute Gasteiger partial charge is 0.393 e. The summed E-state index contributed by atoms with van der Waals surface area (Å²) in [5.74, 6) is 0. The lowest BCUT2D eigenvalue weighted by molar-refractivity contribution is 0.147. The molecule has 2 unspecified atom stereocenters. The fourth-order valence-electron chi connectivity index (χ4n) is 2.94. The lowest BCUT2D eigenvalue weighted by Crippen LogP contribution is -2.21. The van der Waals surface area contributed by atoms with E-state index in [4.69, 9.17) is 0 Å². The van der Waals surface area contributed by atoms with Gasteiger partial charge in [-0.2, -0.15) is 8.42 Å². The zero-order chi connectivity index (χ0) is 17.6. The van der Waals surface area contributed by atoms with Crippen molar-refractivity contribution in [1.82, 2.24) is 0 Å². The molecule has 0 aromatic carbocycles. The zero-order valence-corrected chi connectivity index (χ0v) is 16.0. The summed E-state index contributed by atoms with van der Waals surface area (Å²) in [6.45, 7) is 4.22. The molecule has 0 aliphatic carbocycles. The van der Waals surface area contributed by atoms with Crippen molar-refractivity contribution in [3.05, 3.63) is 0 Å². The van der Waals surface area contributed by atoms with E-state index >= 15 is 0 Å². The molecule has 140 valence electrons. The minimum absolute atomic E-state index is 0.334. The van der Waals surface area contributed by atoms with Crippen LogP contribution < -0.4 is 0 Å². The number of hydrogen-bond acceptors (Lipinski definition) is 3. The Kier molecular flexibility index (Phi) is 14.2. The quantitative estimate of drug-likeness (QED) is 0.300. The first-order chi connectivity index (χ1) is 10.9. The fraction of sp³-hybridized carbons (Fsp3) is 1.00. The fourth-order valence-corrected chi connectivity index (χ4v) is 3.87. The van der Waals surface area contributed by atoms with Gasteiger partial charge in [0.15, 0.2) is 0 Å². The molecule has 2 atom stereocenters. The van der Waals surface area contributed by atoms with Crippen molar-refractivity contribution >= 4 is 10.1 Å². The van der Waals surface area contributed by atoms with E-state index in [1.54, 1.807) is 0 Å². The van der Waals surface area contributed by atoms with E-state index in [0.29, 0.717) is 25.7 Å². The SMILES string of the molecule is CCCCCCCCCC(O)CCCC(CCCC)S(=O)(=O)O. The summed E-state index contributed by atoms with van der Waals surface area (Å²) in [4.78, 5) is 0. The molecule has 0 amide bonds. The highest BCUT2D eigenvalue weighted by molar-refractivity contribution is 7.86. The van der Waals surface area contributed by atoms with Crippen molar-refractivity contribution in [2.24, 2.45) is 0 Å². The topological polar surface area (TPSA) is 74.6 Å². The van der Waals surface area contributed by atoms with Gasteiger partial charge in [0.25, 0.3) is 10.1 Å². The molecule has 0 radical (unpaired) electrons. The Morgan fingerprint density at radius 1 is 0.696 bits per heavy atom. The van der Waals surface area contributed by atoms with Crippen LogP contribution in [0.25, 0.3) is 0 Å². The predicted molar refractivity (Wildman–Crippen MR) is 97.3 cm³/mol. The van der Waals surface area contributed by atoms with Gasteiger partial charge in [-0.25, -0.2) is 0 Å². The summed E-state index contributed by atoms with van der Waals surface area (Å²) in [5, 5.41) is 9.31. The molecule has 0 aromatic rings. The van der Waals surface area contributed by atoms with Gasteiger partial charge in [0.2, 0.25) is 0 Å². The minimum Gasteiger partial charge on any atom is -0.393 e. The summed E-state index contributed by atoms with van der Waals surface area (Å²) < 4.78 is 31.9. The van der Waals surface area contributed by atoms with Crippen LogP contribution in [0.15, 0.2) is 0 Å². The first kappa shape index (κ1) is 22.9. The Morgan fingerprint density at radius 2 is 1.17 bits per heavy atom. The summed E-state index contributed by atoms with van der Waals surface area (Å²) in [7, 11) is -3.95. The van der Waals surface area contributed by atoms with E-state index in [0.717, 1.165) is 25.7 Å². The van der Waals surface area contributed by atoms with Crippen LogP contribution in [-0.4, -0.2) is 29.4 Å². The molecule has 23 heavy (non-hydrogen) atoms. The summed E-state index contributed by atoms with van der Waals surface area (Å²) in [5.41, 5.74) is 0. The Balaban J connectivity index is 3.72. The summed E-state index contributed by atoms with van der Waals surface area (Å²) >= 11 is 0. The Labute approximate surface area is 143 Å². The van der Waals surface area contributed by atoms with E-state index in [1.165, 1.54) is 38.5 Å². The van der Waals surface area contributed by atoms with Crippen molar-refractivity contribution in [1.29, 1.82) is 0 Å². The van der Waals surface area contributed by atoms with Crippen LogP contribution in [0.2, 0.25) is 0 Å². The molecular formula is C18H38O4S. The molecule has 0 bridgehead atoms. The highest BCUT2D eigenvalue weighted by Gasteiger charge is 2.22. The smallest absolute Gasteiger partial charge is 0.267 e. The van der Waals surface area contributed by atoms with Gasteiger partial charge in [-0.15, -0.1) is 0 Å². The molecule has 2 N–H and O–H groups in total. The third-order valence-electron chi connectivity index (χ3n) is 4.51. The van der Waals surface area contributed by atoms with E-state index in [1.807, 2.05) is 6.92 Å². The lowest BCUT2D eigenvalue weighted by Gasteiger charge is -2.15. The molecule has 0 saturated heterocycles. The third-order valence-corrected chi connectivity index (χ3v) is 5.82. The van der Waals surface area contributed by atoms with Gasteiger partial charge in [-0.1, -0.05) is 71.6 Å². The Bertz CT molecular complexity index is 354. The normalized spacial score (nSPS) is 14.8. The molecule has 0 saturated carbocycles. The molecule has 0 rings (SSSR count). The van der Waals surface area contributed by atoms with Crippen LogP contribution in [0.3, 0.4) is 0 Å². The van der Waals surface area contributed by atoms with Crippen molar-refractivity contribution in [3.63, 3.8) is 0 Å². The second-order valence-electron chi connectivity index (χ2n) is 6.77. The van der Waals surface area contributed by atoms with Crippen LogP contribution >= 0.6 is 0 Å². The van der Waals surface area contributed by atoms with Gasteiger partial charge in [0.05, 0.1) is 11.4 Å². The zero-order valence-electron chi connectivity index (χ0n) is 15.2. The van der Waals surface area contributed by atoms with E-state index in [2.05, 4.69) is 6.92 Å². The summed E-state index contributed by atoms with van der Waals surface area (Å²) in [6, 6.07) is 0. The number of aliphatic hydroxyl groups is 1. The molecule has 0 heterocycles. The summed E-state index contributed by atoms with van der Waals surface area (Å²) in [6.07, 6.45) is 13.1. The third kappa shape index (κ3) is 14.0. The molecule has 0 spiro atoms. The van der Waals surface area contributed by atoms with Crippen molar-refractivity contribution in [2.75, 3.05) is 0 Å². The average molecular weight is 351 g/mol. The van der Waals surface area contributed by atoms with E-state index in [9.17, 15) is 18.1 Å². The van der Waals surface area contributed by atoms with Gasteiger partial charge in [0.1, 0.15) is 0 Å². The number of hydrogen-bond donors (Lipinski definition) is 2. The average Bonchev–Trinajstić information content (AvgIpc) is 2.48. The van der Waals surface area contributed by atoms with Crippen LogP contribution in [-0.2, 0) is 10.1 Å². The van der Waals surface area contributed by atoms with Crippen LogP contribution in [0, 0.1) is 0 Å². The van der Waals surface area contributed by atoms with E-state index in [-0.39, 0.29) is 6.10 Å². The monoisotopic (exact) mass is 350 g/mol. The standard InChI is InChI=1S/C18H38O4S/c1-3-5-7-8-9-10-11-13-17(19)14-12-16-18(15-6-4-2)23(20,21)22/h17-19H,3-16H2,1-2H3,(H,20,21,22). The van der Waals surface area contributed by atoms with Crippen LogP contribution in [0.4, 0.5) is 0 Å². The molecule has 0 fully saturated rings. The minimum atomic E-state index is -3.95. The molecule has 0 aromatic heterocycles. The maximum Gasteiger partial charge on any atom is 0.267 e. The van der Waals surface area contributed by atoms with Gasteiger partial charge in [-0.05, 0) is 32.1 Å².